The number of hydrogen-bond donors (Lipinski definition) is 0. The van der Waals surface area contributed by atoms with Crippen molar-refractivity contribution in [3.05, 3.63) is 41.9 Å². The minimum atomic E-state index is -4.27. The van der Waals surface area contributed by atoms with Crippen LogP contribution in [-0.2, 0) is 0 Å². The van der Waals surface area contributed by atoms with Crippen molar-refractivity contribution in [1.29, 1.82) is 0 Å². The first-order valence-electron chi connectivity index (χ1n) is 3.41. The molecule has 0 saturated heterocycles. The summed E-state index contributed by atoms with van der Waals surface area (Å²) >= 11 is 0. The fourth-order valence-corrected chi connectivity index (χ4v) is 0.975. The van der Waals surface area contributed by atoms with Gasteiger partial charge in [0.2, 0.25) is 0 Å². The molecule has 0 N–H and O–H groups in total. The average molecular weight is 173 g/mol. The van der Waals surface area contributed by atoms with E-state index in [-0.39, 0.29) is 5.57 Å². The highest BCUT2D eigenvalue weighted by Gasteiger charge is 2.39. The van der Waals surface area contributed by atoms with E-state index in [1.165, 1.54) is 13.0 Å². The number of rotatable bonds is 0. The molecule has 12 heavy (non-hydrogen) atoms. The van der Waals surface area contributed by atoms with Crippen molar-refractivity contribution in [3.63, 3.8) is 0 Å². The van der Waals surface area contributed by atoms with Gasteiger partial charge in [-0.15, -0.1) is 0 Å². The summed E-state index contributed by atoms with van der Waals surface area (Å²) in [5, 5.41) is 0. The molecule has 0 unspecified atom stereocenters. The average Bonchev–Trinajstić information content (AvgIpc) is 1.92. The minimum Gasteiger partial charge on any atom is -0.164 e. The van der Waals surface area contributed by atoms with Gasteiger partial charge in [0, 0.05) is 24.1 Å². The Hall–Kier alpha value is -1.12. The van der Waals surface area contributed by atoms with E-state index in [2.05, 4.69) is 6.58 Å². The van der Waals surface area contributed by atoms with E-state index in [4.69, 9.17) is 0 Å². The van der Waals surface area contributed by atoms with Crippen molar-refractivity contribution < 1.29 is 13.2 Å². The largest absolute Gasteiger partial charge is 0.434 e. The van der Waals surface area contributed by atoms with Crippen LogP contribution in [0, 0.1) is 6.42 Å². The molecule has 0 amide bonds. The third-order valence-corrected chi connectivity index (χ3v) is 1.61. The normalized spacial score (nSPS) is 18.2. The van der Waals surface area contributed by atoms with Crippen LogP contribution >= 0.6 is 0 Å². The second kappa shape index (κ2) is 2.73. The molecule has 1 rings (SSSR count). The maximum Gasteiger partial charge on any atom is 0.434 e. The Morgan fingerprint density at radius 2 is 2.00 bits per heavy atom. The summed E-state index contributed by atoms with van der Waals surface area (Å²) in [5.41, 5.74) is 0.0119. The second-order valence-corrected chi connectivity index (χ2v) is 2.65. The van der Waals surface area contributed by atoms with Crippen molar-refractivity contribution in [2.75, 3.05) is 0 Å². The summed E-state index contributed by atoms with van der Waals surface area (Å²) in [6.07, 6.45) is -0.233. The van der Waals surface area contributed by atoms with E-state index in [1.807, 2.05) is 0 Å². The lowest BCUT2D eigenvalue weighted by Gasteiger charge is -2.10. The van der Waals surface area contributed by atoms with Gasteiger partial charge in [-0.25, -0.2) is 0 Å². The van der Waals surface area contributed by atoms with Crippen molar-refractivity contribution in [3.8, 4) is 0 Å². The predicted octanol–water partition coefficient (Wildman–Crippen LogP) is 3.20. The van der Waals surface area contributed by atoms with E-state index in [0.29, 0.717) is 5.57 Å². The van der Waals surface area contributed by atoms with Crippen LogP contribution in [-0.4, -0.2) is 6.18 Å². The third-order valence-electron chi connectivity index (χ3n) is 1.61. The number of hydrogen-bond acceptors (Lipinski definition) is 0. The second-order valence-electron chi connectivity index (χ2n) is 2.65. The Labute approximate surface area is 69.1 Å². The van der Waals surface area contributed by atoms with Crippen molar-refractivity contribution >= 4 is 0 Å². The van der Waals surface area contributed by atoms with Crippen LogP contribution in [0.2, 0.25) is 0 Å². The van der Waals surface area contributed by atoms with E-state index in [9.17, 15) is 13.2 Å². The van der Waals surface area contributed by atoms with Crippen LogP contribution in [0.5, 0.6) is 0 Å². The van der Waals surface area contributed by atoms with Gasteiger partial charge >= 0.3 is 6.18 Å². The molecule has 0 spiro atoms. The smallest absolute Gasteiger partial charge is 0.164 e. The maximum atomic E-state index is 12.2. The molecule has 0 fully saturated rings. The summed E-state index contributed by atoms with van der Waals surface area (Å²) in [6.45, 7) is 4.87. The molecule has 64 valence electrons. The standard InChI is InChI=1S/C9H8F3/c1-6-3-4-7(2)8(5-6)9(10,11)12/h3-5H,1H2,2H3/q+1. The SMILES string of the molecule is C=C1C=C(C(F)(F)F)C(C)=C[CH+]1. The minimum absolute atomic E-state index is 0.231. The Morgan fingerprint density at radius 1 is 1.42 bits per heavy atom. The Kier molecular flexibility index (Phi) is 2.04. The first kappa shape index (κ1) is 8.97. The van der Waals surface area contributed by atoms with E-state index in [1.54, 1.807) is 6.42 Å². The van der Waals surface area contributed by atoms with Gasteiger partial charge in [0.25, 0.3) is 0 Å². The lowest BCUT2D eigenvalue weighted by Crippen LogP contribution is -2.14. The molecule has 0 nitrogen and oxygen atoms in total. The van der Waals surface area contributed by atoms with Gasteiger partial charge < -0.3 is 0 Å². The molecular formula is C9H8F3+. The fraction of sp³-hybridized carbons (Fsp3) is 0.222. The Morgan fingerprint density at radius 3 is 2.42 bits per heavy atom. The van der Waals surface area contributed by atoms with Crippen LogP contribution < -0.4 is 0 Å². The molecule has 0 heterocycles. The molecule has 3 heteroatoms. The topological polar surface area (TPSA) is 0 Å². The summed E-state index contributed by atoms with van der Waals surface area (Å²) in [7, 11) is 0. The lowest BCUT2D eigenvalue weighted by atomic mass is 9.96. The van der Waals surface area contributed by atoms with Crippen LogP contribution in [0.4, 0.5) is 13.2 Å². The van der Waals surface area contributed by atoms with E-state index < -0.39 is 11.7 Å². The van der Waals surface area contributed by atoms with Crippen LogP contribution in [0.15, 0.2) is 35.5 Å². The predicted molar refractivity (Wildman–Crippen MR) is 41.3 cm³/mol. The highest BCUT2D eigenvalue weighted by Crippen LogP contribution is 2.34. The Bertz CT molecular complexity index is 266. The molecule has 0 atom stereocenters. The van der Waals surface area contributed by atoms with Crippen molar-refractivity contribution in [1.82, 2.24) is 0 Å². The van der Waals surface area contributed by atoms with Gasteiger partial charge in [-0.3, -0.25) is 0 Å². The third kappa shape index (κ3) is 1.72. The monoisotopic (exact) mass is 173 g/mol. The van der Waals surface area contributed by atoms with Crippen molar-refractivity contribution in [2.24, 2.45) is 0 Å². The summed E-state index contributed by atoms with van der Waals surface area (Å²) < 4.78 is 36.6. The van der Waals surface area contributed by atoms with Crippen LogP contribution in [0.1, 0.15) is 6.92 Å². The lowest BCUT2D eigenvalue weighted by molar-refractivity contribution is -0.0894. The molecule has 1 aliphatic carbocycles. The van der Waals surface area contributed by atoms with Gasteiger partial charge in [0.05, 0.1) is 5.57 Å². The zero-order valence-corrected chi connectivity index (χ0v) is 6.57. The first-order valence-corrected chi connectivity index (χ1v) is 3.41. The highest BCUT2D eigenvalue weighted by atomic mass is 19.4. The van der Waals surface area contributed by atoms with Gasteiger partial charge in [-0.1, -0.05) is 0 Å². The van der Waals surface area contributed by atoms with Gasteiger partial charge in [0.1, 0.15) is 5.57 Å². The van der Waals surface area contributed by atoms with E-state index in [0.717, 1.165) is 6.08 Å². The van der Waals surface area contributed by atoms with Crippen LogP contribution in [0.3, 0.4) is 0 Å². The molecular weight excluding hydrogens is 165 g/mol. The summed E-state index contributed by atoms with van der Waals surface area (Å²) in [6, 6.07) is 0. The molecule has 0 aromatic carbocycles. The molecule has 1 aliphatic rings. The number of alkyl halides is 3. The molecule has 0 aromatic heterocycles. The quantitative estimate of drug-likeness (QED) is 0.493. The van der Waals surface area contributed by atoms with E-state index >= 15 is 0 Å². The zero-order valence-electron chi connectivity index (χ0n) is 6.57. The van der Waals surface area contributed by atoms with Crippen molar-refractivity contribution in [2.45, 2.75) is 13.1 Å². The molecule has 0 aromatic rings. The fourth-order valence-electron chi connectivity index (χ4n) is 0.975. The van der Waals surface area contributed by atoms with Gasteiger partial charge in [-0.05, 0) is 13.5 Å². The molecule has 0 bridgehead atoms. The van der Waals surface area contributed by atoms with Gasteiger partial charge in [0.15, 0.2) is 0 Å². The Balaban J connectivity index is 3.02. The first-order chi connectivity index (χ1) is 5.41. The molecule has 0 saturated carbocycles. The summed E-state index contributed by atoms with van der Waals surface area (Å²) in [4.78, 5) is 0. The zero-order chi connectivity index (χ0) is 9.35. The molecule has 0 aliphatic heterocycles. The molecule has 0 radical (unpaired) electrons. The number of allylic oxidation sites excluding steroid dienone is 5. The maximum absolute atomic E-state index is 12.2. The number of halogens is 3. The highest BCUT2D eigenvalue weighted by molar-refractivity contribution is 5.48. The van der Waals surface area contributed by atoms with Gasteiger partial charge in [-0.2, -0.15) is 13.2 Å². The summed E-state index contributed by atoms with van der Waals surface area (Å²) in [5.74, 6) is 0. The van der Waals surface area contributed by atoms with Crippen LogP contribution in [0.25, 0.3) is 0 Å².